The minimum absolute atomic E-state index is 0.226. The number of amides is 2. The highest BCUT2D eigenvalue weighted by molar-refractivity contribution is 5.87. The van der Waals surface area contributed by atoms with Gasteiger partial charge in [0, 0.05) is 24.9 Å². The minimum Gasteiger partial charge on any atom is -0.383 e. The van der Waals surface area contributed by atoms with Gasteiger partial charge in [-0.25, -0.2) is 4.79 Å². The highest BCUT2D eigenvalue weighted by atomic mass is 16.5. The Bertz CT molecular complexity index is 400. The number of primary amides is 1. The van der Waals surface area contributed by atoms with Gasteiger partial charge in [0.1, 0.15) is 0 Å². The Balaban J connectivity index is 2.61. The molecule has 4 N–H and O–H groups in total. The fourth-order valence-electron chi connectivity index (χ4n) is 2.21. The molecular formula is C15H25N3O2. The molecule has 2 amide bonds. The van der Waals surface area contributed by atoms with E-state index in [1.165, 1.54) is 0 Å². The molecule has 2 atom stereocenters. The van der Waals surface area contributed by atoms with Crippen LogP contribution in [0.5, 0.6) is 0 Å². The lowest BCUT2D eigenvalue weighted by Gasteiger charge is -2.23. The zero-order valence-electron chi connectivity index (χ0n) is 12.5. The van der Waals surface area contributed by atoms with E-state index < -0.39 is 6.03 Å². The standard InChI is InChI=1S/C15H25N3O2/c1-4-5-14(10-20-3)17-11(2)12-6-8-13(9-7-12)18-15(16)19/h6-9,11,14,17H,4-5,10H2,1-3H3,(H3,16,18,19). The summed E-state index contributed by atoms with van der Waals surface area (Å²) in [6, 6.07) is 7.70. The van der Waals surface area contributed by atoms with Crippen molar-refractivity contribution in [1.82, 2.24) is 5.32 Å². The van der Waals surface area contributed by atoms with E-state index in [2.05, 4.69) is 24.5 Å². The van der Waals surface area contributed by atoms with E-state index in [1.807, 2.05) is 24.3 Å². The van der Waals surface area contributed by atoms with Crippen LogP contribution in [0.1, 0.15) is 38.3 Å². The van der Waals surface area contributed by atoms with Crippen LogP contribution in [0, 0.1) is 0 Å². The van der Waals surface area contributed by atoms with Crippen LogP contribution in [0.25, 0.3) is 0 Å². The second-order valence-corrected chi connectivity index (χ2v) is 4.94. The number of rotatable bonds is 8. The normalized spacial score (nSPS) is 13.8. The van der Waals surface area contributed by atoms with Crippen molar-refractivity contribution in [3.63, 3.8) is 0 Å². The molecule has 0 heterocycles. The molecule has 0 aromatic heterocycles. The number of hydrogen-bond acceptors (Lipinski definition) is 3. The van der Waals surface area contributed by atoms with Crippen LogP contribution in [-0.4, -0.2) is 25.8 Å². The van der Waals surface area contributed by atoms with Crippen molar-refractivity contribution >= 4 is 11.7 Å². The molecule has 5 heteroatoms. The van der Waals surface area contributed by atoms with Gasteiger partial charge in [0.25, 0.3) is 0 Å². The van der Waals surface area contributed by atoms with E-state index in [1.54, 1.807) is 7.11 Å². The molecule has 1 aromatic rings. The van der Waals surface area contributed by atoms with Gasteiger partial charge in [-0.2, -0.15) is 0 Å². The number of carbonyl (C=O) groups is 1. The summed E-state index contributed by atoms with van der Waals surface area (Å²) in [5.41, 5.74) is 6.95. The number of anilines is 1. The van der Waals surface area contributed by atoms with E-state index in [0.717, 1.165) is 18.4 Å². The van der Waals surface area contributed by atoms with Crippen LogP contribution in [-0.2, 0) is 4.74 Å². The number of carbonyl (C=O) groups excluding carboxylic acids is 1. The van der Waals surface area contributed by atoms with Gasteiger partial charge in [-0.15, -0.1) is 0 Å². The molecule has 0 saturated heterocycles. The highest BCUT2D eigenvalue weighted by Crippen LogP contribution is 2.17. The highest BCUT2D eigenvalue weighted by Gasteiger charge is 2.12. The van der Waals surface area contributed by atoms with Crippen LogP contribution in [0.4, 0.5) is 10.5 Å². The summed E-state index contributed by atoms with van der Waals surface area (Å²) in [6.45, 7) is 4.99. The van der Waals surface area contributed by atoms with E-state index in [9.17, 15) is 4.79 Å². The first-order valence-corrected chi connectivity index (χ1v) is 6.98. The number of benzene rings is 1. The van der Waals surface area contributed by atoms with Crippen molar-refractivity contribution in [3.05, 3.63) is 29.8 Å². The van der Waals surface area contributed by atoms with Crippen LogP contribution in [0.3, 0.4) is 0 Å². The molecule has 0 aliphatic carbocycles. The van der Waals surface area contributed by atoms with Crippen LogP contribution < -0.4 is 16.4 Å². The van der Waals surface area contributed by atoms with E-state index in [0.29, 0.717) is 18.3 Å². The lowest BCUT2D eigenvalue weighted by Crippen LogP contribution is -2.35. The van der Waals surface area contributed by atoms with Gasteiger partial charge < -0.3 is 21.1 Å². The summed E-state index contributed by atoms with van der Waals surface area (Å²) in [7, 11) is 1.72. The molecular weight excluding hydrogens is 254 g/mol. The quantitative estimate of drug-likeness (QED) is 0.684. The third kappa shape index (κ3) is 5.59. The van der Waals surface area contributed by atoms with Crippen LogP contribution >= 0.6 is 0 Å². The Morgan fingerprint density at radius 3 is 2.50 bits per heavy atom. The molecule has 0 aliphatic rings. The number of methoxy groups -OCH3 is 1. The molecule has 20 heavy (non-hydrogen) atoms. The summed E-state index contributed by atoms with van der Waals surface area (Å²) in [5, 5.41) is 6.11. The maximum atomic E-state index is 10.8. The van der Waals surface area contributed by atoms with Crippen molar-refractivity contribution in [2.75, 3.05) is 19.0 Å². The van der Waals surface area contributed by atoms with Crippen molar-refractivity contribution in [2.24, 2.45) is 5.73 Å². The average Bonchev–Trinajstić information content (AvgIpc) is 2.39. The van der Waals surface area contributed by atoms with Gasteiger partial charge in [-0.05, 0) is 31.0 Å². The molecule has 1 aromatic carbocycles. The molecule has 0 fully saturated rings. The number of ether oxygens (including phenoxy) is 1. The number of nitrogens with two attached hydrogens (primary N) is 1. The number of hydrogen-bond donors (Lipinski definition) is 3. The number of nitrogens with one attached hydrogen (secondary N) is 2. The molecule has 0 aliphatic heterocycles. The lowest BCUT2D eigenvalue weighted by molar-refractivity contribution is 0.157. The molecule has 0 radical (unpaired) electrons. The van der Waals surface area contributed by atoms with Crippen LogP contribution in [0.15, 0.2) is 24.3 Å². The summed E-state index contributed by atoms with van der Waals surface area (Å²) >= 11 is 0. The summed E-state index contributed by atoms with van der Waals surface area (Å²) in [5.74, 6) is 0. The van der Waals surface area contributed by atoms with Gasteiger partial charge in [-0.3, -0.25) is 0 Å². The smallest absolute Gasteiger partial charge is 0.316 e. The Morgan fingerprint density at radius 2 is 2.00 bits per heavy atom. The fourth-order valence-corrected chi connectivity index (χ4v) is 2.21. The second-order valence-electron chi connectivity index (χ2n) is 4.94. The third-order valence-electron chi connectivity index (χ3n) is 3.17. The number of urea groups is 1. The maximum absolute atomic E-state index is 10.8. The fraction of sp³-hybridized carbons (Fsp3) is 0.533. The molecule has 0 spiro atoms. The van der Waals surface area contributed by atoms with Crippen molar-refractivity contribution in [1.29, 1.82) is 0 Å². The molecule has 1 rings (SSSR count). The Labute approximate surface area is 120 Å². The van der Waals surface area contributed by atoms with Crippen molar-refractivity contribution < 1.29 is 9.53 Å². The zero-order valence-corrected chi connectivity index (χ0v) is 12.5. The van der Waals surface area contributed by atoms with Crippen molar-refractivity contribution in [3.8, 4) is 0 Å². The second kappa shape index (κ2) is 8.55. The Hall–Kier alpha value is -1.59. The third-order valence-corrected chi connectivity index (χ3v) is 3.17. The molecule has 0 bridgehead atoms. The first-order chi connectivity index (χ1) is 9.56. The Morgan fingerprint density at radius 1 is 1.35 bits per heavy atom. The van der Waals surface area contributed by atoms with Gasteiger partial charge in [-0.1, -0.05) is 25.5 Å². The van der Waals surface area contributed by atoms with Gasteiger partial charge in [0.2, 0.25) is 0 Å². The predicted octanol–water partition coefficient (Wildman–Crippen LogP) is 2.64. The molecule has 0 saturated carbocycles. The zero-order chi connectivity index (χ0) is 15.0. The van der Waals surface area contributed by atoms with E-state index >= 15 is 0 Å². The maximum Gasteiger partial charge on any atom is 0.316 e. The summed E-state index contributed by atoms with van der Waals surface area (Å²) in [4.78, 5) is 10.8. The molecule has 112 valence electrons. The monoisotopic (exact) mass is 279 g/mol. The van der Waals surface area contributed by atoms with Gasteiger partial charge in [0.15, 0.2) is 0 Å². The largest absolute Gasteiger partial charge is 0.383 e. The average molecular weight is 279 g/mol. The first kappa shape index (κ1) is 16.5. The first-order valence-electron chi connectivity index (χ1n) is 6.98. The predicted molar refractivity (Wildman–Crippen MR) is 81.8 cm³/mol. The molecule has 2 unspecified atom stereocenters. The summed E-state index contributed by atoms with van der Waals surface area (Å²) in [6.07, 6.45) is 2.20. The topological polar surface area (TPSA) is 76.4 Å². The summed E-state index contributed by atoms with van der Waals surface area (Å²) < 4.78 is 5.23. The molecule has 5 nitrogen and oxygen atoms in total. The van der Waals surface area contributed by atoms with Crippen LogP contribution in [0.2, 0.25) is 0 Å². The SMILES string of the molecule is CCCC(COC)NC(C)c1ccc(NC(N)=O)cc1. The van der Waals surface area contributed by atoms with E-state index in [-0.39, 0.29) is 6.04 Å². The Kier molecular flexibility index (Phi) is 7.04. The minimum atomic E-state index is -0.549. The van der Waals surface area contributed by atoms with E-state index in [4.69, 9.17) is 10.5 Å². The van der Waals surface area contributed by atoms with Gasteiger partial charge >= 0.3 is 6.03 Å². The van der Waals surface area contributed by atoms with Gasteiger partial charge in [0.05, 0.1) is 6.61 Å². The lowest BCUT2D eigenvalue weighted by atomic mass is 10.1. The van der Waals surface area contributed by atoms with Crippen molar-refractivity contribution in [2.45, 2.75) is 38.8 Å².